The summed E-state index contributed by atoms with van der Waals surface area (Å²) in [5.74, 6) is 8.49. The second-order valence-corrected chi connectivity index (χ2v) is 9.88. The van der Waals surface area contributed by atoms with Crippen LogP contribution in [0.5, 0.6) is 11.5 Å². The molecule has 2 N–H and O–H groups in total. The first kappa shape index (κ1) is 27.4. The first-order valence-corrected chi connectivity index (χ1v) is 13.8. The summed E-state index contributed by atoms with van der Waals surface area (Å²) in [6.07, 6.45) is 10.6. The zero-order chi connectivity index (χ0) is 26.4. The zero-order valence-corrected chi connectivity index (χ0v) is 22.4. The highest BCUT2D eigenvalue weighted by atomic mass is 16.5. The van der Waals surface area contributed by atoms with Crippen molar-refractivity contribution in [2.75, 3.05) is 39.8 Å². The maximum absolute atomic E-state index is 9.30. The van der Waals surface area contributed by atoms with Crippen LogP contribution in [0.4, 0.5) is 0 Å². The third kappa shape index (κ3) is 8.43. The van der Waals surface area contributed by atoms with E-state index < -0.39 is 0 Å². The number of hydrogen-bond donors (Lipinski definition) is 2. The number of likely N-dealkylation sites (tertiary alicyclic amines) is 1. The molecular weight excluding hydrogens is 474 g/mol. The van der Waals surface area contributed by atoms with Gasteiger partial charge in [0, 0.05) is 18.7 Å². The van der Waals surface area contributed by atoms with Crippen LogP contribution in [0.2, 0.25) is 0 Å². The Balaban J connectivity index is 1.52. The quantitative estimate of drug-likeness (QED) is 0.167. The fraction of sp³-hybridized carbons (Fsp3) is 0.484. The number of nitrogens with zero attached hydrogens (tertiary/aromatic N) is 3. The summed E-state index contributed by atoms with van der Waals surface area (Å²) >= 11 is 0. The average Bonchev–Trinajstić information content (AvgIpc) is 3.47. The van der Waals surface area contributed by atoms with Gasteiger partial charge in [0.15, 0.2) is 17.7 Å². The Kier molecular flexibility index (Phi) is 10.7. The molecule has 1 unspecified atom stereocenters. The lowest BCUT2D eigenvalue weighted by atomic mass is 9.98. The number of rotatable bonds is 9. The van der Waals surface area contributed by atoms with Crippen LogP contribution in [0.25, 0.3) is 0 Å². The van der Waals surface area contributed by atoms with Crippen LogP contribution in [0.1, 0.15) is 62.0 Å². The molecular formula is C31H39N5O2. The van der Waals surface area contributed by atoms with Crippen LogP contribution in [-0.4, -0.2) is 56.8 Å². The molecule has 1 heterocycles. The van der Waals surface area contributed by atoms with E-state index in [9.17, 15) is 5.26 Å². The highest BCUT2D eigenvalue weighted by Gasteiger charge is 2.20. The lowest BCUT2D eigenvalue weighted by Gasteiger charge is -2.26. The van der Waals surface area contributed by atoms with E-state index in [4.69, 9.17) is 14.5 Å². The summed E-state index contributed by atoms with van der Waals surface area (Å²) < 4.78 is 11.9. The van der Waals surface area contributed by atoms with Gasteiger partial charge in [-0.1, -0.05) is 42.5 Å². The van der Waals surface area contributed by atoms with E-state index >= 15 is 0 Å². The van der Waals surface area contributed by atoms with Gasteiger partial charge in [0.05, 0.1) is 25.7 Å². The molecule has 2 aromatic rings. The Labute approximate surface area is 227 Å². The van der Waals surface area contributed by atoms with Gasteiger partial charge in [-0.05, 0) is 81.4 Å². The van der Waals surface area contributed by atoms with Gasteiger partial charge >= 0.3 is 0 Å². The van der Waals surface area contributed by atoms with E-state index in [0.29, 0.717) is 12.5 Å². The van der Waals surface area contributed by atoms with Crippen molar-refractivity contribution < 1.29 is 9.47 Å². The zero-order valence-electron chi connectivity index (χ0n) is 22.4. The van der Waals surface area contributed by atoms with Crippen molar-refractivity contribution in [2.24, 2.45) is 4.99 Å². The lowest BCUT2D eigenvalue weighted by molar-refractivity contribution is 0.200. The minimum Gasteiger partial charge on any atom is -0.493 e. The highest BCUT2D eigenvalue weighted by Crippen LogP contribution is 2.34. The van der Waals surface area contributed by atoms with Crippen LogP contribution in [-0.2, 0) is 0 Å². The normalized spacial score (nSPS) is 17.1. The summed E-state index contributed by atoms with van der Waals surface area (Å²) in [6.45, 7) is 4.34. The van der Waals surface area contributed by atoms with E-state index in [1.54, 1.807) is 7.11 Å². The Morgan fingerprint density at radius 1 is 1.05 bits per heavy atom. The summed E-state index contributed by atoms with van der Waals surface area (Å²) in [5, 5.41) is 15.3. The predicted molar refractivity (Wildman–Crippen MR) is 151 cm³/mol. The SMILES string of the molecule is COc1ccc(C(C#Cc2ccccc2)CN=C(NC#N)NCCN2CCCCC2)cc1OC1CCCC1. The van der Waals surface area contributed by atoms with Gasteiger partial charge in [-0.25, -0.2) is 0 Å². The smallest absolute Gasteiger partial charge is 0.204 e. The molecule has 1 saturated heterocycles. The molecule has 7 heteroatoms. The maximum atomic E-state index is 9.30. The van der Waals surface area contributed by atoms with Gasteiger partial charge in [0.25, 0.3) is 0 Å². The number of aliphatic imine (C=N–C) groups is 1. The van der Waals surface area contributed by atoms with Crippen molar-refractivity contribution in [1.82, 2.24) is 15.5 Å². The van der Waals surface area contributed by atoms with Gasteiger partial charge in [-0.3, -0.25) is 10.3 Å². The minimum atomic E-state index is -0.188. The van der Waals surface area contributed by atoms with Crippen LogP contribution in [0.15, 0.2) is 53.5 Å². The molecule has 2 fully saturated rings. The molecule has 0 bridgehead atoms. The van der Waals surface area contributed by atoms with Crippen molar-refractivity contribution in [3.05, 3.63) is 59.7 Å². The number of ether oxygens (including phenoxy) is 2. The van der Waals surface area contributed by atoms with Crippen molar-refractivity contribution in [3.8, 4) is 29.5 Å². The van der Waals surface area contributed by atoms with Crippen molar-refractivity contribution in [1.29, 1.82) is 5.26 Å². The van der Waals surface area contributed by atoms with E-state index in [-0.39, 0.29) is 12.0 Å². The molecule has 0 radical (unpaired) electrons. The first-order chi connectivity index (χ1) is 18.7. The lowest BCUT2D eigenvalue weighted by Crippen LogP contribution is -2.41. The molecule has 0 spiro atoms. The van der Waals surface area contributed by atoms with E-state index in [1.807, 2.05) is 54.7 Å². The molecule has 1 aliphatic carbocycles. The molecule has 38 heavy (non-hydrogen) atoms. The number of nitrogens with one attached hydrogen (secondary N) is 2. The van der Waals surface area contributed by atoms with Crippen molar-refractivity contribution in [2.45, 2.75) is 57.0 Å². The van der Waals surface area contributed by atoms with Gasteiger partial charge < -0.3 is 19.7 Å². The van der Waals surface area contributed by atoms with E-state index in [2.05, 4.69) is 27.4 Å². The molecule has 2 aromatic carbocycles. The Morgan fingerprint density at radius 2 is 1.84 bits per heavy atom. The van der Waals surface area contributed by atoms with E-state index in [0.717, 1.165) is 61.6 Å². The molecule has 1 aliphatic heterocycles. The Morgan fingerprint density at radius 3 is 2.58 bits per heavy atom. The molecule has 0 amide bonds. The van der Waals surface area contributed by atoms with Gasteiger partial charge in [-0.2, -0.15) is 5.26 Å². The highest BCUT2D eigenvalue weighted by molar-refractivity contribution is 5.81. The van der Waals surface area contributed by atoms with Crippen molar-refractivity contribution in [3.63, 3.8) is 0 Å². The number of guanidine groups is 1. The summed E-state index contributed by atoms with van der Waals surface area (Å²) in [6, 6.07) is 16.0. The molecule has 1 atom stereocenters. The average molecular weight is 514 g/mol. The molecule has 200 valence electrons. The van der Waals surface area contributed by atoms with Crippen LogP contribution < -0.4 is 20.1 Å². The minimum absolute atomic E-state index is 0.188. The molecule has 7 nitrogen and oxygen atoms in total. The Bertz CT molecular complexity index is 1140. The van der Waals surface area contributed by atoms with Crippen molar-refractivity contribution >= 4 is 5.96 Å². The largest absolute Gasteiger partial charge is 0.493 e. The number of hydrogen-bond acceptors (Lipinski definition) is 5. The van der Waals surface area contributed by atoms with Crippen LogP contribution in [0.3, 0.4) is 0 Å². The summed E-state index contributed by atoms with van der Waals surface area (Å²) in [5.41, 5.74) is 1.96. The number of nitriles is 1. The Hall–Kier alpha value is -3.68. The number of benzene rings is 2. The predicted octanol–water partition coefficient (Wildman–Crippen LogP) is 4.65. The number of methoxy groups -OCH3 is 1. The third-order valence-corrected chi connectivity index (χ3v) is 7.13. The van der Waals surface area contributed by atoms with Crippen LogP contribution in [0, 0.1) is 23.3 Å². The maximum Gasteiger partial charge on any atom is 0.204 e. The fourth-order valence-electron chi connectivity index (χ4n) is 5.00. The van der Waals surface area contributed by atoms with Gasteiger partial charge in [0.1, 0.15) is 0 Å². The van der Waals surface area contributed by atoms with Gasteiger partial charge in [-0.15, -0.1) is 0 Å². The standard InChI is InChI=1S/C31H39N5O2/c1-37-29-17-16-26(22-30(29)38-28-12-6-7-13-28)27(15-14-25-10-4-2-5-11-25)23-34-31(35-24-32)33-18-21-36-19-8-3-9-20-36/h2,4-5,10-11,16-17,22,27-28H,3,6-9,12-13,18-21,23H2,1H3,(H2,33,34,35). The van der Waals surface area contributed by atoms with Crippen LogP contribution >= 0.6 is 0 Å². The molecule has 2 aliphatic rings. The molecule has 0 aromatic heterocycles. The second-order valence-electron chi connectivity index (χ2n) is 9.88. The third-order valence-electron chi connectivity index (χ3n) is 7.13. The summed E-state index contributed by atoms with van der Waals surface area (Å²) in [4.78, 5) is 7.20. The fourth-order valence-corrected chi connectivity index (χ4v) is 5.00. The molecule has 4 rings (SSSR count). The first-order valence-electron chi connectivity index (χ1n) is 13.8. The second kappa shape index (κ2) is 14.9. The molecule has 1 saturated carbocycles. The summed E-state index contributed by atoms with van der Waals surface area (Å²) in [7, 11) is 1.67. The number of piperidine rings is 1. The topological polar surface area (TPSA) is 81.9 Å². The van der Waals surface area contributed by atoms with E-state index in [1.165, 1.54) is 32.1 Å². The monoisotopic (exact) mass is 513 g/mol. The van der Waals surface area contributed by atoms with Gasteiger partial charge in [0.2, 0.25) is 5.96 Å².